The fourth-order valence-electron chi connectivity index (χ4n) is 0.258. The highest BCUT2D eigenvalue weighted by molar-refractivity contribution is 6.24. The summed E-state index contributed by atoms with van der Waals surface area (Å²) in [4.78, 5) is 0. The van der Waals surface area contributed by atoms with Crippen LogP contribution in [-0.4, -0.2) is 28.9 Å². The van der Waals surface area contributed by atoms with Gasteiger partial charge < -0.3 is 4.53 Å². The summed E-state index contributed by atoms with van der Waals surface area (Å²) in [7, 11) is 3.59. The van der Waals surface area contributed by atoms with Gasteiger partial charge in [-0.2, -0.15) is 0 Å². The lowest BCUT2D eigenvalue weighted by molar-refractivity contribution is 0.00101. The molecule has 0 heterocycles. The molecule has 38 valence electrons. The van der Waals surface area contributed by atoms with E-state index in [1.54, 1.807) is 5.06 Å². The van der Waals surface area contributed by atoms with E-state index in [-0.39, 0.29) is 9.76 Å². The van der Waals surface area contributed by atoms with Crippen LogP contribution >= 0.6 is 0 Å². The zero-order valence-electron chi connectivity index (χ0n) is 4.56. The number of nitrogens with zero attached hydrogens (tertiary/aromatic N) is 1. The van der Waals surface area contributed by atoms with Gasteiger partial charge in [-0.25, -0.2) is 5.06 Å². The van der Waals surface area contributed by atoms with Crippen LogP contribution < -0.4 is 0 Å². The molecule has 0 aliphatic carbocycles. The van der Waals surface area contributed by atoms with Crippen LogP contribution in [0.3, 0.4) is 0 Å². The molecule has 0 fully saturated rings. The van der Waals surface area contributed by atoms with Gasteiger partial charge in [-0.1, -0.05) is 0 Å². The molecule has 0 aromatic rings. The standard InChI is InChI=1S/C3H11NOSi/c1-4(2)5-6-3/h6H2,1-3H3. The van der Waals surface area contributed by atoms with Crippen LogP contribution in [0, 0.1) is 0 Å². The summed E-state index contributed by atoms with van der Waals surface area (Å²) in [6.45, 7) is 2.10. The van der Waals surface area contributed by atoms with Crippen LogP contribution in [-0.2, 0) is 4.53 Å². The Morgan fingerprint density at radius 1 is 1.50 bits per heavy atom. The Hall–Kier alpha value is 0.137. The Morgan fingerprint density at radius 3 is 2.00 bits per heavy atom. The molecule has 0 aromatic carbocycles. The third-order valence-electron chi connectivity index (χ3n) is 0.387. The van der Waals surface area contributed by atoms with Gasteiger partial charge >= 0.3 is 0 Å². The van der Waals surface area contributed by atoms with Gasteiger partial charge in [0.2, 0.25) is 0 Å². The Labute approximate surface area is 41.0 Å². The molecule has 0 bridgehead atoms. The Kier molecular flexibility index (Phi) is 3.41. The second kappa shape index (κ2) is 3.33. The molecular weight excluding hydrogens is 94.1 g/mol. The SMILES string of the molecule is C[SiH2]ON(C)C. The minimum Gasteiger partial charge on any atom is -0.351 e. The summed E-state index contributed by atoms with van der Waals surface area (Å²) >= 11 is 0. The van der Waals surface area contributed by atoms with Crippen molar-refractivity contribution in [2.24, 2.45) is 0 Å². The second-order valence-electron chi connectivity index (χ2n) is 1.23. The average molecular weight is 105 g/mol. The molecule has 0 spiro atoms. The topological polar surface area (TPSA) is 12.5 Å². The first-order valence-corrected chi connectivity index (χ1v) is 4.06. The van der Waals surface area contributed by atoms with Gasteiger partial charge in [-0.3, -0.25) is 0 Å². The molecule has 0 rings (SSSR count). The summed E-state index contributed by atoms with van der Waals surface area (Å²) < 4.78 is 5.01. The van der Waals surface area contributed by atoms with Crippen LogP contribution in [0.1, 0.15) is 0 Å². The Bertz CT molecular complexity index is 32.0. The van der Waals surface area contributed by atoms with Crippen LogP contribution in [0.25, 0.3) is 0 Å². The lowest BCUT2D eigenvalue weighted by Gasteiger charge is -2.06. The van der Waals surface area contributed by atoms with Crippen molar-refractivity contribution in [3.05, 3.63) is 0 Å². The molecule has 0 atom stereocenters. The molecule has 0 saturated carbocycles. The average Bonchev–Trinajstić information content (AvgIpc) is 1.35. The predicted octanol–water partition coefficient (Wildman–Crippen LogP) is -0.389. The summed E-state index contributed by atoms with van der Waals surface area (Å²) in [5.74, 6) is 0. The minimum atomic E-state index is -0.208. The zero-order chi connectivity index (χ0) is 4.99. The molecular formula is C3H11NOSi. The largest absolute Gasteiger partial charge is 0.351 e. The van der Waals surface area contributed by atoms with Crippen LogP contribution in [0.2, 0.25) is 6.55 Å². The van der Waals surface area contributed by atoms with Gasteiger partial charge in [-0.05, 0) is 6.55 Å². The first-order valence-electron chi connectivity index (χ1n) is 2.07. The fourth-order valence-corrected chi connectivity index (χ4v) is 0.775. The Morgan fingerprint density at radius 2 is 2.00 bits per heavy atom. The van der Waals surface area contributed by atoms with Crippen molar-refractivity contribution in [1.29, 1.82) is 0 Å². The number of hydrogen-bond donors (Lipinski definition) is 0. The van der Waals surface area contributed by atoms with E-state index in [9.17, 15) is 0 Å². The van der Waals surface area contributed by atoms with Crippen LogP contribution in [0.5, 0.6) is 0 Å². The second-order valence-corrected chi connectivity index (χ2v) is 2.07. The minimum absolute atomic E-state index is 0.208. The van der Waals surface area contributed by atoms with E-state index < -0.39 is 0 Å². The molecule has 0 saturated heterocycles. The maximum atomic E-state index is 5.01. The van der Waals surface area contributed by atoms with Crippen molar-refractivity contribution in [3.8, 4) is 0 Å². The molecule has 2 nitrogen and oxygen atoms in total. The van der Waals surface area contributed by atoms with Crippen molar-refractivity contribution in [3.63, 3.8) is 0 Å². The molecule has 3 heteroatoms. The van der Waals surface area contributed by atoms with Gasteiger partial charge in [0.25, 0.3) is 0 Å². The zero-order valence-corrected chi connectivity index (χ0v) is 5.98. The first kappa shape index (κ1) is 6.14. The smallest absolute Gasteiger partial charge is 0.187 e. The van der Waals surface area contributed by atoms with Crippen molar-refractivity contribution < 1.29 is 4.53 Å². The molecule has 0 aromatic heterocycles. The predicted molar refractivity (Wildman–Crippen MR) is 29.2 cm³/mol. The van der Waals surface area contributed by atoms with Gasteiger partial charge in [0.15, 0.2) is 9.76 Å². The molecule has 0 aliphatic rings. The van der Waals surface area contributed by atoms with Crippen molar-refractivity contribution in [2.45, 2.75) is 6.55 Å². The maximum absolute atomic E-state index is 5.01. The fraction of sp³-hybridized carbons (Fsp3) is 1.00. The van der Waals surface area contributed by atoms with Crippen molar-refractivity contribution >= 4 is 9.76 Å². The van der Waals surface area contributed by atoms with Crippen molar-refractivity contribution in [2.75, 3.05) is 14.1 Å². The monoisotopic (exact) mass is 105 g/mol. The van der Waals surface area contributed by atoms with Gasteiger partial charge in [0.05, 0.1) is 0 Å². The Balaban J connectivity index is 2.63. The van der Waals surface area contributed by atoms with Crippen LogP contribution in [0.15, 0.2) is 0 Å². The third kappa shape index (κ3) is 4.14. The van der Waals surface area contributed by atoms with Gasteiger partial charge in [0.1, 0.15) is 0 Å². The van der Waals surface area contributed by atoms with E-state index in [4.69, 9.17) is 4.53 Å². The van der Waals surface area contributed by atoms with E-state index in [1.807, 2.05) is 14.1 Å². The lowest BCUT2D eigenvalue weighted by atomic mass is 11.2. The van der Waals surface area contributed by atoms with Gasteiger partial charge in [-0.15, -0.1) is 0 Å². The molecule has 0 radical (unpaired) electrons. The maximum Gasteiger partial charge on any atom is 0.187 e. The number of hydrogen-bond acceptors (Lipinski definition) is 2. The third-order valence-corrected chi connectivity index (χ3v) is 1.16. The normalized spacial score (nSPS) is 12.0. The summed E-state index contributed by atoms with van der Waals surface area (Å²) in [5.41, 5.74) is 0. The van der Waals surface area contributed by atoms with Crippen molar-refractivity contribution in [1.82, 2.24) is 5.06 Å². The summed E-state index contributed by atoms with van der Waals surface area (Å²) in [5, 5.41) is 1.74. The highest BCUT2D eigenvalue weighted by Gasteiger charge is 1.78. The van der Waals surface area contributed by atoms with E-state index in [1.165, 1.54) is 0 Å². The molecule has 6 heavy (non-hydrogen) atoms. The molecule has 0 N–H and O–H groups in total. The van der Waals surface area contributed by atoms with E-state index >= 15 is 0 Å². The summed E-state index contributed by atoms with van der Waals surface area (Å²) in [6.07, 6.45) is 0. The number of hydroxylamine groups is 2. The van der Waals surface area contributed by atoms with Gasteiger partial charge in [0, 0.05) is 14.1 Å². The number of rotatable bonds is 2. The van der Waals surface area contributed by atoms with E-state index in [0.29, 0.717) is 0 Å². The highest BCUT2D eigenvalue weighted by Crippen LogP contribution is 1.70. The van der Waals surface area contributed by atoms with Crippen LogP contribution in [0.4, 0.5) is 0 Å². The quantitative estimate of drug-likeness (QED) is 0.350. The molecule has 0 amide bonds. The lowest BCUT2D eigenvalue weighted by Crippen LogP contribution is -2.13. The van der Waals surface area contributed by atoms with E-state index in [2.05, 4.69) is 6.55 Å². The molecule has 0 aliphatic heterocycles. The summed E-state index contributed by atoms with van der Waals surface area (Å²) in [6, 6.07) is 0. The van der Waals surface area contributed by atoms with E-state index in [0.717, 1.165) is 0 Å². The molecule has 0 unspecified atom stereocenters. The highest BCUT2D eigenvalue weighted by atomic mass is 28.2. The first-order chi connectivity index (χ1) is 2.77.